The minimum Gasteiger partial charge on any atom is -0.475 e. The van der Waals surface area contributed by atoms with E-state index in [2.05, 4.69) is 9.97 Å². The molecule has 0 aliphatic carbocycles. The molecule has 0 atom stereocenters. The van der Waals surface area contributed by atoms with Crippen molar-refractivity contribution >= 4 is 5.97 Å². The number of aromatic carboxylic acids is 1. The maximum Gasteiger partial charge on any atom is 0.372 e. The standard InChI is InChI=1S/C9H9N3O3/c1-5-3-10-8(15-5)6-4-12(2)7(11-6)9(13)14/h3-4H,1-2H3,(H,13,14). The lowest BCUT2D eigenvalue weighted by atomic mass is 10.5. The molecule has 0 bridgehead atoms. The molecule has 0 fully saturated rings. The molecular weight excluding hydrogens is 198 g/mol. The van der Waals surface area contributed by atoms with Gasteiger partial charge in [-0.2, -0.15) is 0 Å². The molecule has 2 aromatic rings. The second-order valence-corrected chi connectivity index (χ2v) is 3.14. The summed E-state index contributed by atoms with van der Waals surface area (Å²) in [5.74, 6) is -0.129. The van der Waals surface area contributed by atoms with Crippen molar-refractivity contribution in [3.63, 3.8) is 0 Å². The Labute approximate surface area is 85.2 Å². The van der Waals surface area contributed by atoms with Crippen LogP contribution in [-0.2, 0) is 7.05 Å². The van der Waals surface area contributed by atoms with Gasteiger partial charge in [0.15, 0.2) is 0 Å². The van der Waals surface area contributed by atoms with E-state index in [4.69, 9.17) is 9.52 Å². The number of carboxylic acids is 1. The van der Waals surface area contributed by atoms with Crippen LogP contribution in [0.25, 0.3) is 11.6 Å². The summed E-state index contributed by atoms with van der Waals surface area (Å²) in [6, 6.07) is 0. The fourth-order valence-electron chi connectivity index (χ4n) is 1.24. The molecule has 0 aromatic carbocycles. The van der Waals surface area contributed by atoms with Gasteiger partial charge < -0.3 is 14.1 Å². The predicted octanol–water partition coefficient (Wildman–Crippen LogP) is 1.08. The molecule has 2 rings (SSSR count). The van der Waals surface area contributed by atoms with E-state index in [1.54, 1.807) is 26.4 Å². The number of aryl methyl sites for hydroxylation is 2. The molecule has 2 aromatic heterocycles. The molecule has 6 heteroatoms. The second-order valence-electron chi connectivity index (χ2n) is 3.14. The van der Waals surface area contributed by atoms with Crippen molar-refractivity contribution in [1.82, 2.24) is 14.5 Å². The van der Waals surface area contributed by atoms with Crippen molar-refractivity contribution < 1.29 is 14.3 Å². The smallest absolute Gasteiger partial charge is 0.372 e. The zero-order valence-corrected chi connectivity index (χ0v) is 8.26. The third kappa shape index (κ3) is 1.61. The highest BCUT2D eigenvalue weighted by Crippen LogP contribution is 2.17. The number of aromatic nitrogens is 3. The largest absolute Gasteiger partial charge is 0.475 e. The Hall–Kier alpha value is -2.11. The minimum atomic E-state index is -1.08. The van der Waals surface area contributed by atoms with E-state index in [1.807, 2.05) is 0 Å². The van der Waals surface area contributed by atoms with E-state index in [0.29, 0.717) is 17.3 Å². The van der Waals surface area contributed by atoms with Crippen molar-refractivity contribution in [2.75, 3.05) is 0 Å². The summed E-state index contributed by atoms with van der Waals surface area (Å²) >= 11 is 0. The lowest BCUT2D eigenvalue weighted by molar-refractivity contribution is 0.0680. The van der Waals surface area contributed by atoms with Gasteiger partial charge in [0.1, 0.15) is 11.5 Å². The van der Waals surface area contributed by atoms with Crippen molar-refractivity contribution in [1.29, 1.82) is 0 Å². The lowest BCUT2D eigenvalue weighted by Crippen LogP contribution is -2.04. The van der Waals surface area contributed by atoms with Crippen LogP contribution in [-0.4, -0.2) is 25.6 Å². The molecule has 0 aliphatic heterocycles. The number of carboxylic acid groups (broad SMARTS) is 1. The quantitative estimate of drug-likeness (QED) is 0.796. The molecule has 0 unspecified atom stereocenters. The Morgan fingerprint density at radius 3 is 2.80 bits per heavy atom. The summed E-state index contributed by atoms with van der Waals surface area (Å²) in [5.41, 5.74) is 0.419. The predicted molar refractivity (Wildman–Crippen MR) is 50.4 cm³/mol. The van der Waals surface area contributed by atoms with Gasteiger partial charge >= 0.3 is 5.97 Å². The molecule has 15 heavy (non-hydrogen) atoms. The molecule has 0 saturated heterocycles. The fraction of sp³-hybridized carbons (Fsp3) is 0.222. The second kappa shape index (κ2) is 3.23. The fourth-order valence-corrected chi connectivity index (χ4v) is 1.24. The van der Waals surface area contributed by atoms with Crippen LogP contribution in [0.5, 0.6) is 0 Å². The topological polar surface area (TPSA) is 81.2 Å². The average Bonchev–Trinajstić information content (AvgIpc) is 2.71. The maximum absolute atomic E-state index is 10.7. The number of rotatable bonds is 2. The molecular formula is C9H9N3O3. The van der Waals surface area contributed by atoms with Gasteiger partial charge in [0.05, 0.1) is 6.20 Å². The zero-order valence-electron chi connectivity index (χ0n) is 8.26. The van der Waals surface area contributed by atoms with E-state index < -0.39 is 5.97 Å². The molecule has 0 spiro atoms. The van der Waals surface area contributed by atoms with E-state index in [-0.39, 0.29) is 5.82 Å². The van der Waals surface area contributed by atoms with Crippen molar-refractivity contribution in [2.24, 2.45) is 7.05 Å². The van der Waals surface area contributed by atoms with Crippen LogP contribution in [0.4, 0.5) is 0 Å². The highest BCUT2D eigenvalue weighted by Gasteiger charge is 2.15. The lowest BCUT2D eigenvalue weighted by Gasteiger charge is -1.90. The summed E-state index contributed by atoms with van der Waals surface area (Å²) in [7, 11) is 1.61. The van der Waals surface area contributed by atoms with Gasteiger partial charge in [-0.1, -0.05) is 0 Å². The summed E-state index contributed by atoms with van der Waals surface area (Å²) < 4.78 is 6.65. The first-order valence-electron chi connectivity index (χ1n) is 4.27. The van der Waals surface area contributed by atoms with Gasteiger partial charge in [-0.15, -0.1) is 0 Å². The SMILES string of the molecule is Cc1cnc(-c2cn(C)c(C(=O)O)n2)o1. The highest BCUT2D eigenvalue weighted by molar-refractivity contribution is 5.84. The van der Waals surface area contributed by atoms with Gasteiger partial charge in [0, 0.05) is 13.2 Å². The van der Waals surface area contributed by atoms with Crippen LogP contribution >= 0.6 is 0 Å². The van der Waals surface area contributed by atoms with Gasteiger partial charge in [-0.3, -0.25) is 0 Å². The van der Waals surface area contributed by atoms with E-state index in [9.17, 15) is 4.79 Å². The van der Waals surface area contributed by atoms with Crippen molar-refractivity contribution in [2.45, 2.75) is 6.92 Å². The van der Waals surface area contributed by atoms with Crippen LogP contribution in [0.3, 0.4) is 0 Å². The summed E-state index contributed by atoms with van der Waals surface area (Å²) in [5, 5.41) is 8.80. The highest BCUT2D eigenvalue weighted by atomic mass is 16.4. The number of imidazole rings is 1. The molecule has 6 nitrogen and oxygen atoms in total. The monoisotopic (exact) mass is 207 g/mol. The van der Waals surface area contributed by atoms with Crippen molar-refractivity contribution in [3.8, 4) is 11.6 Å². The van der Waals surface area contributed by atoms with Crippen molar-refractivity contribution in [3.05, 3.63) is 24.0 Å². The third-order valence-electron chi connectivity index (χ3n) is 1.91. The molecule has 2 heterocycles. The molecule has 0 radical (unpaired) electrons. The Balaban J connectivity index is 2.46. The minimum absolute atomic E-state index is 0.0409. The Morgan fingerprint density at radius 1 is 1.60 bits per heavy atom. The number of oxazole rings is 1. The number of nitrogens with zero attached hydrogens (tertiary/aromatic N) is 3. The first kappa shape index (κ1) is 9.45. The Morgan fingerprint density at radius 2 is 2.33 bits per heavy atom. The van der Waals surface area contributed by atoms with Crippen LogP contribution in [0, 0.1) is 6.92 Å². The third-order valence-corrected chi connectivity index (χ3v) is 1.91. The first-order valence-corrected chi connectivity index (χ1v) is 4.27. The first-order chi connectivity index (χ1) is 7.08. The van der Waals surface area contributed by atoms with E-state index in [1.165, 1.54) is 4.57 Å². The van der Waals surface area contributed by atoms with Gasteiger partial charge in [0.25, 0.3) is 0 Å². The van der Waals surface area contributed by atoms with Gasteiger partial charge in [-0.05, 0) is 6.92 Å². The molecule has 1 N–H and O–H groups in total. The molecule has 0 amide bonds. The van der Waals surface area contributed by atoms with Crippen LogP contribution < -0.4 is 0 Å². The van der Waals surface area contributed by atoms with Crippen LogP contribution in [0.2, 0.25) is 0 Å². The zero-order chi connectivity index (χ0) is 11.0. The number of hydrogen-bond acceptors (Lipinski definition) is 4. The Bertz CT molecular complexity index is 512. The number of hydrogen-bond donors (Lipinski definition) is 1. The summed E-state index contributed by atoms with van der Waals surface area (Å²) in [6.45, 7) is 1.76. The van der Waals surface area contributed by atoms with E-state index >= 15 is 0 Å². The van der Waals surface area contributed by atoms with Gasteiger partial charge in [0.2, 0.25) is 11.7 Å². The molecule has 0 aliphatic rings. The summed E-state index contributed by atoms with van der Waals surface area (Å²) in [4.78, 5) is 18.6. The Kier molecular flexibility index (Phi) is 2.03. The molecule has 0 saturated carbocycles. The van der Waals surface area contributed by atoms with Gasteiger partial charge in [-0.25, -0.2) is 14.8 Å². The normalized spacial score (nSPS) is 10.5. The van der Waals surface area contributed by atoms with E-state index in [0.717, 1.165) is 0 Å². The molecule has 78 valence electrons. The number of carbonyl (C=O) groups is 1. The van der Waals surface area contributed by atoms with Crippen LogP contribution in [0.15, 0.2) is 16.8 Å². The maximum atomic E-state index is 10.7. The summed E-state index contributed by atoms with van der Waals surface area (Å²) in [6.07, 6.45) is 3.12. The average molecular weight is 207 g/mol. The van der Waals surface area contributed by atoms with Crippen LogP contribution in [0.1, 0.15) is 16.4 Å².